The Bertz CT molecular complexity index is 266. The highest BCUT2D eigenvalue weighted by Crippen LogP contribution is 2.09. The first kappa shape index (κ1) is 9.23. The lowest BCUT2D eigenvalue weighted by Gasteiger charge is -1.98. The summed E-state index contributed by atoms with van der Waals surface area (Å²) in [5, 5.41) is 0.629. The van der Waals surface area contributed by atoms with Gasteiger partial charge in [-0.3, -0.25) is 4.79 Å². The predicted octanol–water partition coefficient (Wildman–Crippen LogP) is 2.17. The molecule has 0 aliphatic rings. The van der Waals surface area contributed by atoms with Crippen molar-refractivity contribution in [2.75, 3.05) is 13.7 Å². The number of rotatable bonds is 3. The highest BCUT2D eigenvalue weighted by molar-refractivity contribution is 6.30. The van der Waals surface area contributed by atoms with Crippen LogP contribution in [0.25, 0.3) is 0 Å². The first-order valence-electron chi connectivity index (χ1n) is 3.51. The molecule has 1 aromatic carbocycles. The molecular formula is C9H9ClO2. The van der Waals surface area contributed by atoms with Crippen molar-refractivity contribution < 1.29 is 9.53 Å². The maximum atomic E-state index is 11.2. The Hall–Kier alpha value is -0.860. The Morgan fingerprint density at radius 1 is 1.42 bits per heavy atom. The number of halogens is 1. The summed E-state index contributed by atoms with van der Waals surface area (Å²) in [6, 6.07) is 6.74. The Morgan fingerprint density at radius 3 is 2.50 bits per heavy atom. The Balaban J connectivity index is 2.75. The molecule has 0 saturated carbocycles. The third-order valence-corrected chi connectivity index (χ3v) is 1.69. The van der Waals surface area contributed by atoms with E-state index in [1.54, 1.807) is 24.3 Å². The maximum absolute atomic E-state index is 11.2. The summed E-state index contributed by atoms with van der Waals surface area (Å²) in [6.45, 7) is 0.113. The number of Topliss-reactive ketones (excluding diaryl/α,β-unsaturated/α-hetero) is 1. The molecule has 0 aromatic heterocycles. The summed E-state index contributed by atoms with van der Waals surface area (Å²) in [5.74, 6) is -0.0332. The summed E-state index contributed by atoms with van der Waals surface area (Å²) < 4.78 is 4.71. The molecule has 64 valence electrons. The second-order valence-corrected chi connectivity index (χ2v) is 2.80. The topological polar surface area (TPSA) is 26.3 Å². The third kappa shape index (κ3) is 2.32. The van der Waals surface area contributed by atoms with Crippen LogP contribution in [0.1, 0.15) is 10.4 Å². The molecule has 1 rings (SSSR count). The molecule has 3 heteroatoms. The SMILES string of the molecule is COCC(=O)c1ccc(Cl)cc1. The average molecular weight is 185 g/mol. The monoisotopic (exact) mass is 184 g/mol. The maximum Gasteiger partial charge on any atom is 0.188 e. The van der Waals surface area contributed by atoms with E-state index in [0.29, 0.717) is 10.6 Å². The van der Waals surface area contributed by atoms with E-state index in [1.165, 1.54) is 7.11 Å². The van der Waals surface area contributed by atoms with Gasteiger partial charge in [-0.25, -0.2) is 0 Å². The van der Waals surface area contributed by atoms with Crippen LogP contribution in [0, 0.1) is 0 Å². The first-order chi connectivity index (χ1) is 5.74. The molecule has 12 heavy (non-hydrogen) atoms. The number of carbonyl (C=O) groups excluding carboxylic acids is 1. The van der Waals surface area contributed by atoms with E-state index in [-0.39, 0.29) is 12.4 Å². The van der Waals surface area contributed by atoms with Gasteiger partial charge in [0.2, 0.25) is 0 Å². The molecule has 1 aromatic rings. The van der Waals surface area contributed by atoms with E-state index in [2.05, 4.69) is 0 Å². The van der Waals surface area contributed by atoms with Crippen LogP contribution in [-0.4, -0.2) is 19.5 Å². The van der Waals surface area contributed by atoms with Crippen molar-refractivity contribution in [3.63, 3.8) is 0 Å². The standard InChI is InChI=1S/C9H9ClO2/c1-12-6-9(11)7-2-4-8(10)5-3-7/h2-5H,6H2,1H3. The van der Waals surface area contributed by atoms with Gasteiger partial charge in [0, 0.05) is 17.7 Å². The van der Waals surface area contributed by atoms with E-state index in [0.717, 1.165) is 0 Å². The molecule has 0 amide bonds. The Morgan fingerprint density at radius 2 is 2.00 bits per heavy atom. The lowest BCUT2D eigenvalue weighted by molar-refractivity contribution is 0.0848. The van der Waals surface area contributed by atoms with Crippen LogP contribution in [0.3, 0.4) is 0 Å². The van der Waals surface area contributed by atoms with E-state index in [9.17, 15) is 4.79 Å². The molecule has 0 spiro atoms. The normalized spacial score (nSPS) is 9.83. The molecule has 0 atom stereocenters. The smallest absolute Gasteiger partial charge is 0.188 e. The minimum Gasteiger partial charge on any atom is -0.377 e. The van der Waals surface area contributed by atoms with Crippen molar-refractivity contribution in [2.24, 2.45) is 0 Å². The van der Waals surface area contributed by atoms with Crippen molar-refractivity contribution in [1.82, 2.24) is 0 Å². The molecular weight excluding hydrogens is 176 g/mol. The Labute approximate surface area is 76.1 Å². The van der Waals surface area contributed by atoms with Gasteiger partial charge in [0.15, 0.2) is 5.78 Å². The van der Waals surface area contributed by atoms with Gasteiger partial charge in [0.05, 0.1) is 0 Å². The summed E-state index contributed by atoms with van der Waals surface area (Å²) in [4.78, 5) is 11.2. The zero-order valence-electron chi connectivity index (χ0n) is 6.71. The van der Waals surface area contributed by atoms with Gasteiger partial charge in [-0.2, -0.15) is 0 Å². The molecule has 0 fully saturated rings. The Kier molecular flexibility index (Phi) is 3.26. The van der Waals surface area contributed by atoms with Crippen molar-refractivity contribution in [1.29, 1.82) is 0 Å². The fourth-order valence-corrected chi connectivity index (χ4v) is 0.976. The number of ketones is 1. The molecule has 0 bridgehead atoms. The van der Waals surface area contributed by atoms with Gasteiger partial charge in [-0.05, 0) is 24.3 Å². The van der Waals surface area contributed by atoms with Crippen LogP contribution in [0.4, 0.5) is 0 Å². The molecule has 0 N–H and O–H groups in total. The van der Waals surface area contributed by atoms with Gasteiger partial charge < -0.3 is 4.74 Å². The zero-order chi connectivity index (χ0) is 8.97. The molecule has 0 saturated heterocycles. The quantitative estimate of drug-likeness (QED) is 0.673. The molecule has 0 aliphatic carbocycles. The lowest BCUT2D eigenvalue weighted by Crippen LogP contribution is -2.06. The minimum absolute atomic E-state index is 0.0332. The third-order valence-electron chi connectivity index (χ3n) is 1.44. The van der Waals surface area contributed by atoms with Crippen molar-refractivity contribution in [3.8, 4) is 0 Å². The van der Waals surface area contributed by atoms with Crippen molar-refractivity contribution in [2.45, 2.75) is 0 Å². The number of hydrogen-bond acceptors (Lipinski definition) is 2. The molecule has 0 unspecified atom stereocenters. The minimum atomic E-state index is -0.0332. The number of benzene rings is 1. The first-order valence-corrected chi connectivity index (χ1v) is 3.89. The highest BCUT2D eigenvalue weighted by atomic mass is 35.5. The number of methoxy groups -OCH3 is 1. The van der Waals surface area contributed by atoms with Crippen LogP contribution in [0.15, 0.2) is 24.3 Å². The largest absolute Gasteiger partial charge is 0.377 e. The highest BCUT2D eigenvalue weighted by Gasteiger charge is 2.03. The molecule has 0 heterocycles. The van der Waals surface area contributed by atoms with Crippen LogP contribution in [-0.2, 0) is 4.74 Å². The second-order valence-electron chi connectivity index (χ2n) is 2.36. The van der Waals surface area contributed by atoms with E-state index in [1.807, 2.05) is 0 Å². The molecule has 0 radical (unpaired) electrons. The van der Waals surface area contributed by atoms with Crippen LogP contribution in [0.5, 0.6) is 0 Å². The van der Waals surface area contributed by atoms with Gasteiger partial charge in [-0.15, -0.1) is 0 Å². The predicted molar refractivity (Wildman–Crippen MR) is 47.7 cm³/mol. The fraction of sp³-hybridized carbons (Fsp3) is 0.222. The second kappa shape index (κ2) is 4.24. The van der Waals surface area contributed by atoms with Gasteiger partial charge in [0.1, 0.15) is 6.61 Å². The summed E-state index contributed by atoms with van der Waals surface area (Å²) in [7, 11) is 1.49. The van der Waals surface area contributed by atoms with E-state index >= 15 is 0 Å². The van der Waals surface area contributed by atoms with Crippen LogP contribution < -0.4 is 0 Å². The summed E-state index contributed by atoms with van der Waals surface area (Å²) in [6.07, 6.45) is 0. The average Bonchev–Trinajstić information content (AvgIpc) is 2.06. The van der Waals surface area contributed by atoms with Crippen molar-refractivity contribution >= 4 is 17.4 Å². The zero-order valence-corrected chi connectivity index (χ0v) is 7.47. The molecule has 0 aliphatic heterocycles. The van der Waals surface area contributed by atoms with Crippen molar-refractivity contribution in [3.05, 3.63) is 34.9 Å². The summed E-state index contributed by atoms with van der Waals surface area (Å²) in [5.41, 5.74) is 0.626. The van der Waals surface area contributed by atoms with E-state index < -0.39 is 0 Å². The van der Waals surface area contributed by atoms with Crippen LogP contribution in [0.2, 0.25) is 5.02 Å². The lowest BCUT2D eigenvalue weighted by atomic mass is 10.1. The van der Waals surface area contributed by atoms with E-state index in [4.69, 9.17) is 16.3 Å². The van der Waals surface area contributed by atoms with Gasteiger partial charge in [0.25, 0.3) is 0 Å². The van der Waals surface area contributed by atoms with Crippen LogP contribution >= 0.6 is 11.6 Å². The van der Waals surface area contributed by atoms with Gasteiger partial charge in [-0.1, -0.05) is 11.6 Å². The number of ether oxygens (including phenoxy) is 1. The number of hydrogen-bond donors (Lipinski definition) is 0. The fourth-order valence-electron chi connectivity index (χ4n) is 0.850. The molecule has 2 nitrogen and oxygen atoms in total. The number of carbonyl (C=O) groups is 1. The van der Waals surface area contributed by atoms with Gasteiger partial charge >= 0.3 is 0 Å². The summed E-state index contributed by atoms with van der Waals surface area (Å²) >= 11 is 5.65.